The highest BCUT2D eigenvalue weighted by molar-refractivity contribution is 5.93. The minimum Gasteiger partial charge on any atom is -0.497 e. The molecule has 1 aromatic heterocycles. The lowest BCUT2D eigenvalue weighted by Crippen LogP contribution is -2.63. The van der Waals surface area contributed by atoms with Crippen LogP contribution in [0.3, 0.4) is 0 Å². The highest BCUT2D eigenvalue weighted by atomic mass is 16.5. The van der Waals surface area contributed by atoms with Crippen LogP contribution in [-0.4, -0.2) is 47.9 Å². The molecule has 2 fully saturated rings. The molecule has 2 aromatic carbocycles. The quantitative estimate of drug-likeness (QED) is 0.729. The van der Waals surface area contributed by atoms with Crippen molar-refractivity contribution in [1.82, 2.24) is 9.47 Å². The van der Waals surface area contributed by atoms with Gasteiger partial charge >= 0.3 is 6.03 Å². The number of methoxy groups -OCH3 is 1. The highest BCUT2D eigenvalue weighted by Crippen LogP contribution is 2.35. The molecule has 0 bridgehead atoms. The summed E-state index contributed by atoms with van der Waals surface area (Å²) in [4.78, 5) is 14.4. The van der Waals surface area contributed by atoms with Crippen LogP contribution in [0.25, 0.3) is 10.9 Å². The molecular formula is C23H25N3O3. The Morgan fingerprint density at radius 2 is 2.10 bits per heavy atom. The minimum atomic E-state index is -0.0767. The predicted octanol–water partition coefficient (Wildman–Crippen LogP) is 4.09. The molecule has 0 aliphatic carbocycles. The molecule has 0 unspecified atom stereocenters. The van der Waals surface area contributed by atoms with E-state index in [0.717, 1.165) is 48.3 Å². The molecule has 2 amide bonds. The number of aromatic nitrogens is 1. The van der Waals surface area contributed by atoms with Crippen molar-refractivity contribution in [3.8, 4) is 5.75 Å². The summed E-state index contributed by atoms with van der Waals surface area (Å²) in [6, 6.07) is 16.2. The summed E-state index contributed by atoms with van der Waals surface area (Å²) in [5.74, 6) is 0.852. The second-order valence-electron chi connectivity index (χ2n) is 7.99. The summed E-state index contributed by atoms with van der Waals surface area (Å²) in [6.45, 7) is 2.93. The van der Waals surface area contributed by atoms with Crippen molar-refractivity contribution in [2.45, 2.75) is 25.0 Å². The highest BCUT2D eigenvalue weighted by Gasteiger charge is 2.48. The van der Waals surface area contributed by atoms with Crippen LogP contribution < -0.4 is 10.1 Å². The number of anilines is 1. The van der Waals surface area contributed by atoms with Gasteiger partial charge in [-0.1, -0.05) is 18.2 Å². The molecule has 2 saturated heterocycles. The number of rotatable bonds is 4. The van der Waals surface area contributed by atoms with E-state index in [1.165, 1.54) is 5.56 Å². The fourth-order valence-electron chi connectivity index (χ4n) is 4.37. The first kappa shape index (κ1) is 18.1. The average Bonchev–Trinajstić information content (AvgIpc) is 3.35. The molecule has 0 radical (unpaired) electrons. The molecular weight excluding hydrogens is 366 g/mol. The number of benzene rings is 2. The smallest absolute Gasteiger partial charge is 0.322 e. The number of likely N-dealkylation sites (tertiary alicyclic amines) is 1. The van der Waals surface area contributed by atoms with Gasteiger partial charge in [-0.25, -0.2) is 4.79 Å². The van der Waals surface area contributed by atoms with E-state index < -0.39 is 0 Å². The Kier molecular flexibility index (Phi) is 4.43. The first-order valence-corrected chi connectivity index (χ1v) is 10.1. The maximum Gasteiger partial charge on any atom is 0.322 e. The van der Waals surface area contributed by atoms with Crippen molar-refractivity contribution < 1.29 is 14.3 Å². The normalized spacial score (nSPS) is 17.5. The summed E-state index contributed by atoms with van der Waals surface area (Å²) >= 11 is 0. The van der Waals surface area contributed by atoms with E-state index in [4.69, 9.17) is 9.47 Å². The molecule has 2 aliphatic heterocycles. The van der Waals surface area contributed by atoms with E-state index in [9.17, 15) is 4.79 Å². The molecule has 150 valence electrons. The number of nitrogens with zero attached hydrogens (tertiary/aromatic N) is 2. The fraction of sp³-hybridized carbons (Fsp3) is 0.348. The number of carbonyl (C=O) groups is 1. The zero-order valence-corrected chi connectivity index (χ0v) is 16.6. The summed E-state index contributed by atoms with van der Waals surface area (Å²) < 4.78 is 13.3. The summed E-state index contributed by atoms with van der Waals surface area (Å²) in [5, 5.41) is 4.19. The Balaban J connectivity index is 1.31. The third-order valence-electron chi connectivity index (χ3n) is 5.94. The maximum atomic E-state index is 12.6. The molecule has 1 N–H and O–H groups in total. The fourth-order valence-corrected chi connectivity index (χ4v) is 4.37. The van der Waals surface area contributed by atoms with E-state index in [0.29, 0.717) is 13.1 Å². The van der Waals surface area contributed by atoms with Gasteiger partial charge in [0, 0.05) is 25.0 Å². The molecule has 29 heavy (non-hydrogen) atoms. The van der Waals surface area contributed by atoms with Crippen LogP contribution >= 0.6 is 0 Å². The van der Waals surface area contributed by atoms with E-state index in [1.54, 1.807) is 7.11 Å². The van der Waals surface area contributed by atoms with E-state index in [-0.39, 0.29) is 11.6 Å². The Hall–Kier alpha value is -2.99. The SMILES string of the molecule is COc1cccc(Cn2ccc3ccc(NC(=O)N4CC5(CCCO5)C4)cc32)c1. The largest absolute Gasteiger partial charge is 0.497 e. The number of fused-ring (bicyclic) bond motifs is 1. The van der Waals surface area contributed by atoms with E-state index >= 15 is 0 Å². The average molecular weight is 391 g/mol. The lowest BCUT2D eigenvalue weighted by atomic mass is 9.91. The second-order valence-corrected chi connectivity index (χ2v) is 7.99. The zero-order valence-electron chi connectivity index (χ0n) is 16.6. The number of amides is 2. The minimum absolute atomic E-state index is 0.0589. The van der Waals surface area contributed by atoms with Gasteiger partial charge in [-0.2, -0.15) is 0 Å². The summed E-state index contributed by atoms with van der Waals surface area (Å²) in [6.07, 6.45) is 4.23. The van der Waals surface area contributed by atoms with Crippen molar-refractivity contribution in [2.75, 3.05) is 32.1 Å². The molecule has 5 rings (SSSR count). The van der Waals surface area contributed by atoms with Crippen molar-refractivity contribution >= 4 is 22.6 Å². The Bertz CT molecular complexity index is 1040. The van der Waals surface area contributed by atoms with Gasteiger partial charge in [0.15, 0.2) is 0 Å². The number of carbonyl (C=O) groups excluding carboxylic acids is 1. The Morgan fingerprint density at radius 3 is 2.90 bits per heavy atom. The van der Waals surface area contributed by atoms with Crippen molar-refractivity contribution in [2.24, 2.45) is 0 Å². The lowest BCUT2D eigenvalue weighted by Gasteiger charge is -2.46. The van der Waals surface area contributed by atoms with Gasteiger partial charge < -0.3 is 24.3 Å². The molecule has 2 aliphatic rings. The van der Waals surface area contributed by atoms with Crippen LogP contribution in [-0.2, 0) is 11.3 Å². The molecule has 3 heterocycles. The van der Waals surface area contributed by atoms with Crippen LogP contribution in [0.1, 0.15) is 18.4 Å². The number of nitrogens with one attached hydrogen (secondary N) is 1. The third kappa shape index (κ3) is 3.44. The third-order valence-corrected chi connectivity index (χ3v) is 5.94. The number of ether oxygens (including phenoxy) is 2. The summed E-state index contributed by atoms with van der Waals surface area (Å²) in [5.41, 5.74) is 2.98. The zero-order chi connectivity index (χ0) is 19.8. The molecule has 1 spiro atoms. The van der Waals surface area contributed by atoms with E-state index in [2.05, 4.69) is 28.2 Å². The second kappa shape index (κ2) is 7.12. The van der Waals surface area contributed by atoms with Crippen molar-refractivity contribution in [3.63, 3.8) is 0 Å². The molecule has 0 saturated carbocycles. The van der Waals surface area contributed by atoms with Crippen LogP contribution in [0.4, 0.5) is 10.5 Å². The van der Waals surface area contributed by atoms with Gasteiger partial charge in [-0.3, -0.25) is 0 Å². The topological polar surface area (TPSA) is 55.7 Å². The maximum absolute atomic E-state index is 12.6. The van der Waals surface area contributed by atoms with Gasteiger partial charge in [-0.05, 0) is 54.1 Å². The molecule has 6 nitrogen and oxygen atoms in total. The molecule has 0 atom stereocenters. The monoisotopic (exact) mass is 391 g/mol. The molecule has 6 heteroatoms. The number of hydrogen-bond donors (Lipinski definition) is 1. The first-order chi connectivity index (χ1) is 14.1. The number of hydrogen-bond acceptors (Lipinski definition) is 3. The number of urea groups is 1. The van der Waals surface area contributed by atoms with Gasteiger partial charge in [0.1, 0.15) is 11.4 Å². The predicted molar refractivity (Wildman–Crippen MR) is 113 cm³/mol. The lowest BCUT2D eigenvalue weighted by molar-refractivity contribution is -0.0893. The van der Waals surface area contributed by atoms with Gasteiger partial charge in [-0.15, -0.1) is 0 Å². The van der Waals surface area contributed by atoms with Crippen LogP contribution in [0.15, 0.2) is 54.7 Å². The Morgan fingerprint density at radius 1 is 1.21 bits per heavy atom. The van der Waals surface area contributed by atoms with Crippen LogP contribution in [0.2, 0.25) is 0 Å². The van der Waals surface area contributed by atoms with E-state index in [1.807, 2.05) is 41.3 Å². The van der Waals surface area contributed by atoms with Gasteiger partial charge in [0.25, 0.3) is 0 Å². The first-order valence-electron chi connectivity index (χ1n) is 10.1. The van der Waals surface area contributed by atoms with Gasteiger partial charge in [0.05, 0.1) is 25.7 Å². The summed E-state index contributed by atoms with van der Waals surface area (Å²) in [7, 11) is 1.68. The molecule has 3 aromatic rings. The van der Waals surface area contributed by atoms with Crippen LogP contribution in [0, 0.1) is 0 Å². The van der Waals surface area contributed by atoms with Crippen molar-refractivity contribution in [1.29, 1.82) is 0 Å². The Labute approximate surface area is 170 Å². The van der Waals surface area contributed by atoms with Crippen LogP contribution in [0.5, 0.6) is 5.75 Å². The standard InChI is InChI=1S/C23H25N3O3/c1-28-20-5-2-4-17(12-20)14-25-10-8-18-6-7-19(13-21(18)25)24-22(27)26-15-23(16-26)9-3-11-29-23/h2,4-8,10,12-13H,3,9,11,14-16H2,1H3,(H,24,27). The van der Waals surface area contributed by atoms with Crippen molar-refractivity contribution in [3.05, 3.63) is 60.3 Å². The van der Waals surface area contributed by atoms with Gasteiger partial charge in [0.2, 0.25) is 0 Å².